The van der Waals surface area contributed by atoms with Crippen molar-refractivity contribution in [3.63, 3.8) is 0 Å². The fourth-order valence-corrected chi connectivity index (χ4v) is 3.55. The highest BCUT2D eigenvalue weighted by Crippen LogP contribution is 2.24. The maximum absolute atomic E-state index is 12.8. The van der Waals surface area contributed by atoms with Crippen LogP contribution in [0.1, 0.15) is 15.9 Å². The summed E-state index contributed by atoms with van der Waals surface area (Å²) in [7, 11) is 1.64. The lowest BCUT2D eigenvalue weighted by atomic mass is 10.3. The summed E-state index contributed by atoms with van der Waals surface area (Å²) >= 11 is 3.05. The molecule has 0 aliphatic carbocycles. The van der Waals surface area contributed by atoms with Gasteiger partial charge >= 0.3 is 0 Å². The summed E-state index contributed by atoms with van der Waals surface area (Å²) in [5, 5.41) is 2.87. The topological polar surface area (TPSA) is 38.3 Å². The van der Waals surface area contributed by atoms with Crippen molar-refractivity contribution in [2.24, 2.45) is 0 Å². The SMILES string of the molecule is COC(CNC(=O)CSc1ccc(F)cc1)c1ccc(C)s1. The highest BCUT2D eigenvalue weighted by Gasteiger charge is 2.14. The first-order valence-corrected chi connectivity index (χ1v) is 8.63. The number of nitrogens with one attached hydrogen (secondary N) is 1. The van der Waals surface area contributed by atoms with Gasteiger partial charge in [-0.25, -0.2) is 4.39 Å². The molecule has 0 saturated carbocycles. The summed E-state index contributed by atoms with van der Waals surface area (Å²) in [6.07, 6.45) is -0.126. The molecule has 0 saturated heterocycles. The number of ether oxygens (including phenoxy) is 1. The number of hydrogen-bond acceptors (Lipinski definition) is 4. The predicted octanol–water partition coefficient (Wildman–Crippen LogP) is 3.79. The first kappa shape index (κ1) is 17.0. The van der Waals surface area contributed by atoms with Crippen LogP contribution in [0.3, 0.4) is 0 Å². The summed E-state index contributed by atoms with van der Waals surface area (Å²) in [6, 6.07) is 10.2. The molecule has 1 atom stereocenters. The van der Waals surface area contributed by atoms with E-state index in [1.165, 1.54) is 28.8 Å². The Morgan fingerprint density at radius 2 is 2.05 bits per heavy atom. The molecule has 0 aliphatic heterocycles. The van der Waals surface area contributed by atoms with Crippen LogP contribution in [0.5, 0.6) is 0 Å². The molecule has 1 heterocycles. The molecular weight excluding hydrogens is 321 g/mol. The maximum Gasteiger partial charge on any atom is 0.230 e. The van der Waals surface area contributed by atoms with Gasteiger partial charge in [-0.05, 0) is 43.3 Å². The Morgan fingerprint density at radius 3 is 2.64 bits per heavy atom. The maximum atomic E-state index is 12.8. The van der Waals surface area contributed by atoms with Gasteiger partial charge in [0.2, 0.25) is 5.91 Å². The molecule has 2 rings (SSSR count). The fraction of sp³-hybridized carbons (Fsp3) is 0.312. The lowest BCUT2D eigenvalue weighted by molar-refractivity contribution is -0.119. The van der Waals surface area contributed by atoms with E-state index in [0.29, 0.717) is 12.3 Å². The Balaban J connectivity index is 1.78. The number of amides is 1. The smallest absolute Gasteiger partial charge is 0.230 e. The van der Waals surface area contributed by atoms with Crippen molar-refractivity contribution in [2.45, 2.75) is 17.9 Å². The van der Waals surface area contributed by atoms with Gasteiger partial charge in [-0.2, -0.15) is 0 Å². The lowest BCUT2D eigenvalue weighted by Crippen LogP contribution is -2.30. The first-order valence-electron chi connectivity index (χ1n) is 6.82. The molecule has 0 bridgehead atoms. The summed E-state index contributed by atoms with van der Waals surface area (Å²) in [5.74, 6) is -0.0430. The van der Waals surface area contributed by atoms with Crippen LogP contribution in [0.15, 0.2) is 41.3 Å². The van der Waals surface area contributed by atoms with Crippen LogP contribution >= 0.6 is 23.1 Å². The molecule has 1 aromatic carbocycles. The quantitative estimate of drug-likeness (QED) is 0.780. The second kappa shape index (κ2) is 8.31. The molecule has 22 heavy (non-hydrogen) atoms. The second-order valence-electron chi connectivity index (χ2n) is 4.72. The third-order valence-electron chi connectivity index (χ3n) is 3.03. The zero-order valence-corrected chi connectivity index (χ0v) is 14.1. The molecule has 2 aromatic rings. The molecular formula is C16H18FNO2S2. The van der Waals surface area contributed by atoms with E-state index in [9.17, 15) is 9.18 Å². The van der Waals surface area contributed by atoms with Gasteiger partial charge in [-0.1, -0.05) is 0 Å². The Bertz CT molecular complexity index is 613. The molecule has 0 spiro atoms. The number of methoxy groups -OCH3 is 1. The van der Waals surface area contributed by atoms with Crippen molar-refractivity contribution in [3.05, 3.63) is 52.0 Å². The largest absolute Gasteiger partial charge is 0.374 e. The number of hydrogen-bond donors (Lipinski definition) is 1. The van der Waals surface area contributed by atoms with Crippen LogP contribution < -0.4 is 5.32 Å². The summed E-state index contributed by atoms with van der Waals surface area (Å²) in [5.41, 5.74) is 0. The Hall–Kier alpha value is -1.37. The van der Waals surface area contributed by atoms with Crippen molar-refractivity contribution >= 4 is 29.0 Å². The normalized spacial score (nSPS) is 12.1. The predicted molar refractivity (Wildman–Crippen MR) is 88.9 cm³/mol. The molecule has 1 aromatic heterocycles. The van der Waals surface area contributed by atoms with Gasteiger partial charge in [-0.3, -0.25) is 4.79 Å². The number of thioether (sulfide) groups is 1. The summed E-state index contributed by atoms with van der Waals surface area (Å²) < 4.78 is 18.2. The van der Waals surface area contributed by atoms with Crippen LogP contribution in [-0.4, -0.2) is 25.3 Å². The highest BCUT2D eigenvalue weighted by molar-refractivity contribution is 8.00. The molecule has 3 nitrogen and oxygen atoms in total. The number of carbonyl (C=O) groups excluding carboxylic acids is 1. The van der Waals surface area contributed by atoms with E-state index < -0.39 is 0 Å². The Labute approximate surface area is 137 Å². The first-order chi connectivity index (χ1) is 10.6. The second-order valence-corrected chi connectivity index (χ2v) is 7.09. The molecule has 0 fully saturated rings. The van der Waals surface area contributed by atoms with Gasteiger partial charge in [0.05, 0.1) is 5.75 Å². The average Bonchev–Trinajstić information content (AvgIpc) is 2.94. The van der Waals surface area contributed by atoms with Gasteiger partial charge < -0.3 is 10.1 Å². The van der Waals surface area contributed by atoms with Gasteiger partial charge in [0.25, 0.3) is 0 Å². The third-order valence-corrected chi connectivity index (χ3v) is 5.14. The van der Waals surface area contributed by atoms with Gasteiger partial charge in [-0.15, -0.1) is 23.1 Å². The Morgan fingerprint density at radius 1 is 1.32 bits per heavy atom. The summed E-state index contributed by atoms with van der Waals surface area (Å²) in [4.78, 5) is 15.1. The molecule has 118 valence electrons. The fourth-order valence-electron chi connectivity index (χ4n) is 1.86. The van der Waals surface area contributed by atoms with E-state index in [4.69, 9.17) is 4.74 Å². The van der Waals surface area contributed by atoms with Crippen molar-refractivity contribution in [2.75, 3.05) is 19.4 Å². The van der Waals surface area contributed by atoms with Crippen LogP contribution in [0.25, 0.3) is 0 Å². The molecule has 0 aliphatic rings. The number of thiophene rings is 1. The van der Waals surface area contributed by atoms with Gasteiger partial charge in [0, 0.05) is 28.3 Å². The van der Waals surface area contributed by atoms with Crippen LogP contribution in [0.2, 0.25) is 0 Å². The molecule has 1 unspecified atom stereocenters. The molecule has 1 N–H and O–H groups in total. The van der Waals surface area contributed by atoms with Crippen molar-refractivity contribution in [3.8, 4) is 0 Å². The standard InChI is InChI=1S/C16H18FNO2S2/c1-11-3-8-15(22-11)14(20-2)9-18-16(19)10-21-13-6-4-12(17)5-7-13/h3-8,14H,9-10H2,1-2H3,(H,18,19). The van der Waals surface area contributed by atoms with E-state index in [1.807, 2.05) is 19.1 Å². The van der Waals surface area contributed by atoms with Crippen LogP contribution in [0.4, 0.5) is 4.39 Å². The van der Waals surface area contributed by atoms with E-state index in [1.54, 1.807) is 30.6 Å². The average molecular weight is 339 g/mol. The minimum atomic E-state index is -0.275. The highest BCUT2D eigenvalue weighted by atomic mass is 32.2. The number of benzene rings is 1. The minimum Gasteiger partial charge on any atom is -0.374 e. The Kier molecular flexibility index (Phi) is 6.42. The molecule has 6 heteroatoms. The van der Waals surface area contributed by atoms with Gasteiger partial charge in [0.1, 0.15) is 11.9 Å². The van der Waals surface area contributed by atoms with Crippen molar-refractivity contribution < 1.29 is 13.9 Å². The zero-order valence-electron chi connectivity index (χ0n) is 12.5. The number of halogens is 1. The van der Waals surface area contributed by atoms with Crippen molar-refractivity contribution in [1.29, 1.82) is 0 Å². The third kappa shape index (κ3) is 5.12. The van der Waals surface area contributed by atoms with E-state index in [-0.39, 0.29) is 17.8 Å². The number of carbonyl (C=O) groups is 1. The van der Waals surface area contributed by atoms with E-state index in [0.717, 1.165) is 9.77 Å². The number of rotatable bonds is 7. The number of aryl methyl sites for hydroxylation is 1. The summed E-state index contributed by atoms with van der Waals surface area (Å²) in [6.45, 7) is 2.48. The lowest BCUT2D eigenvalue weighted by Gasteiger charge is -2.14. The molecule has 1 amide bonds. The van der Waals surface area contributed by atoms with Crippen molar-refractivity contribution in [1.82, 2.24) is 5.32 Å². The van der Waals surface area contributed by atoms with Crippen LogP contribution in [-0.2, 0) is 9.53 Å². The van der Waals surface area contributed by atoms with Crippen LogP contribution in [0, 0.1) is 12.7 Å². The molecule has 0 radical (unpaired) electrons. The van der Waals surface area contributed by atoms with E-state index >= 15 is 0 Å². The zero-order chi connectivity index (χ0) is 15.9. The minimum absolute atomic E-state index is 0.0651. The van der Waals surface area contributed by atoms with Gasteiger partial charge in [0.15, 0.2) is 0 Å². The monoisotopic (exact) mass is 339 g/mol. The van der Waals surface area contributed by atoms with E-state index in [2.05, 4.69) is 5.32 Å².